The molecule has 10 nitrogen and oxygen atoms in total. The third kappa shape index (κ3) is 3.72. The maximum absolute atomic E-state index is 11.5. The largest absolute Gasteiger partial charge is 0.372 e. The van der Waals surface area contributed by atoms with Crippen molar-refractivity contribution >= 4 is 34.4 Å². The summed E-state index contributed by atoms with van der Waals surface area (Å²) in [6, 6.07) is 4.15. The van der Waals surface area contributed by atoms with Gasteiger partial charge in [0.2, 0.25) is 11.9 Å². The lowest BCUT2D eigenvalue weighted by atomic mass is 9.81. The number of amides is 1. The van der Waals surface area contributed by atoms with E-state index in [-0.39, 0.29) is 17.5 Å². The molecule has 166 valence electrons. The Bertz CT molecular complexity index is 1280. The van der Waals surface area contributed by atoms with E-state index in [9.17, 15) is 4.79 Å². The number of fused-ring (bicyclic) bond motifs is 2. The minimum absolute atomic E-state index is 0.0237. The molecule has 32 heavy (non-hydrogen) atoms. The Morgan fingerprint density at radius 1 is 1.25 bits per heavy atom. The molecule has 5 rings (SSSR count). The van der Waals surface area contributed by atoms with E-state index >= 15 is 0 Å². The van der Waals surface area contributed by atoms with Gasteiger partial charge in [0.1, 0.15) is 11.5 Å². The first-order valence-electron chi connectivity index (χ1n) is 10.9. The smallest absolute Gasteiger partial charge is 0.226 e. The second-order valence-electron chi connectivity index (χ2n) is 8.68. The van der Waals surface area contributed by atoms with E-state index in [0.717, 1.165) is 59.4 Å². The number of nitrogens with one attached hydrogen (secondary N) is 4. The standard InChI is InChI=1S/C22H27N9O/c1-13(32)29-22(2)8-6-14(7-9-22)26-21-27-19(23-3)18-15(12-25-20(18)28-21)16-4-5-17-24-10-11-31(17)30-16/h4-5,10-12,14H,6-9H2,1-3H3,(H,29,32)(H3,23,25,26,27,28)/t14-,22-. The molecule has 1 fully saturated rings. The van der Waals surface area contributed by atoms with E-state index in [4.69, 9.17) is 9.97 Å². The van der Waals surface area contributed by atoms with Crippen LogP contribution in [-0.4, -0.2) is 54.1 Å². The predicted molar refractivity (Wildman–Crippen MR) is 124 cm³/mol. The van der Waals surface area contributed by atoms with Crippen LogP contribution in [0.2, 0.25) is 0 Å². The summed E-state index contributed by atoms with van der Waals surface area (Å²) in [7, 11) is 1.86. The minimum Gasteiger partial charge on any atom is -0.372 e. The quantitative estimate of drug-likeness (QED) is 0.381. The molecule has 0 spiro atoms. The van der Waals surface area contributed by atoms with Crippen molar-refractivity contribution in [1.82, 2.24) is 34.9 Å². The van der Waals surface area contributed by atoms with Crippen LogP contribution in [0.1, 0.15) is 39.5 Å². The number of carbonyl (C=O) groups is 1. The minimum atomic E-state index is -0.136. The van der Waals surface area contributed by atoms with Crippen LogP contribution in [0.5, 0.6) is 0 Å². The molecule has 0 atom stereocenters. The fraction of sp³-hybridized carbons (Fsp3) is 0.409. The zero-order chi connectivity index (χ0) is 22.3. The lowest BCUT2D eigenvalue weighted by molar-refractivity contribution is -0.121. The van der Waals surface area contributed by atoms with Gasteiger partial charge < -0.3 is 20.9 Å². The average molecular weight is 434 g/mol. The molecule has 4 N–H and O–H groups in total. The molecule has 0 bridgehead atoms. The van der Waals surface area contributed by atoms with E-state index < -0.39 is 0 Å². The number of hydrogen-bond acceptors (Lipinski definition) is 7. The van der Waals surface area contributed by atoms with Crippen LogP contribution in [0.3, 0.4) is 0 Å². The Hall–Kier alpha value is -3.69. The number of imidazole rings is 1. The van der Waals surface area contributed by atoms with Crippen LogP contribution in [0, 0.1) is 0 Å². The molecule has 0 saturated heterocycles. The average Bonchev–Trinajstić information content (AvgIpc) is 3.40. The molecule has 4 aromatic heterocycles. The van der Waals surface area contributed by atoms with E-state index in [2.05, 4.69) is 37.9 Å². The molecule has 1 saturated carbocycles. The molecule has 0 aromatic carbocycles. The molecule has 1 aliphatic carbocycles. The Labute approximate surface area is 185 Å². The summed E-state index contributed by atoms with van der Waals surface area (Å²) in [5.74, 6) is 1.34. The SMILES string of the molecule is CNc1nc(N[C@H]2CC[C@](C)(NC(C)=O)CC2)nc2[nH]cc(-c3ccc4nccn4n3)c12. The van der Waals surface area contributed by atoms with Crippen molar-refractivity contribution in [1.29, 1.82) is 0 Å². The van der Waals surface area contributed by atoms with E-state index in [1.165, 1.54) is 0 Å². The summed E-state index contributed by atoms with van der Waals surface area (Å²) in [6.45, 7) is 3.69. The first-order chi connectivity index (χ1) is 15.4. The summed E-state index contributed by atoms with van der Waals surface area (Å²) in [5, 5.41) is 15.3. The summed E-state index contributed by atoms with van der Waals surface area (Å²) in [5.41, 5.74) is 3.14. The molecule has 4 aromatic rings. The van der Waals surface area contributed by atoms with Crippen molar-refractivity contribution in [2.75, 3.05) is 17.7 Å². The maximum Gasteiger partial charge on any atom is 0.226 e. The number of rotatable bonds is 5. The molecular weight excluding hydrogens is 406 g/mol. The fourth-order valence-corrected chi connectivity index (χ4v) is 4.57. The van der Waals surface area contributed by atoms with Crippen LogP contribution in [0.4, 0.5) is 11.8 Å². The van der Waals surface area contributed by atoms with Crippen LogP contribution in [0.15, 0.2) is 30.7 Å². The Morgan fingerprint density at radius 2 is 2.06 bits per heavy atom. The Balaban J connectivity index is 1.40. The highest BCUT2D eigenvalue weighted by Gasteiger charge is 2.32. The van der Waals surface area contributed by atoms with Gasteiger partial charge in [0.05, 0.1) is 11.1 Å². The van der Waals surface area contributed by atoms with Crippen molar-refractivity contribution in [2.24, 2.45) is 0 Å². The number of anilines is 2. The van der Waals surface area contributed by atoms with Crippen molar-refractivity contribution < 1.29 is 4.79 Å². The zero-order valence-corrected chi connectivity index (χ0v) is 18.4. The van der Waals surface area contributed by atoms with Gasteiger partial charge >= 0.3 is 0 Å². The van der Waals surface area contributed by atoms with Gasteiger partial charge in [-0.25, -0.2) is 9.50 Å². The molecule has 4 heterocycles. The van der Waals surface area contributed by atoms with E-state index in [0.29, 0.717) is 5.95 Å². The second kappa shape index (κ2) is 7.77. The predicted octanol–water partition coefficient (Wildman–Crippen LogP) is 2.96. The first-order valence-corrected chi connectivity index (χ1v) is 10.9. The summed E-state index contributed by atoms with van der Waals surface area (Å²) < 4.78 is 1.75. The topological polar surface area (TPSA) is 125 Å². The third-order valence-corrected chi connectivity index (χ3v) is 6.20. The molecule has 0 radical (unpaired) electrons. The third-order valence-electron chi connectivity index (χ3n) is 6.20. The number of hydrogen-bond donors (Lipinski definition) is 4. The van der Waals surface area contributed by atoms with Gasteiger partial charge in [-0.1, -0.05) is 0 Å². The second-order valence-corrected chi connectivity index (χ2v) is 8.68. The summed E-state index contributed by atoms with van der Waals surface area (Å²) in [6.07, 6.45) is 9.18. The Morgan fingerprint density at radius 3 is 2.81 bits per heavy atom. The molecule has 1 aliphatic rings. The monoisotopic (exact) mass is 433 g/mol. The van der Waals surface area contributed by atoms with Crippen LogP contribution in [0.25, 0.3) is 27.9 Å². The molecule has 0 unspecified atom stereocenters. The molecule has 0 aliphatic heterocycles. The number of aromatic nitrogens is 6. The van der Waals surface area contributed by atoms with Gasteiger partial charge in [0.15, 0.2) is 5.65 Å². The van der Waals surface area contributed by atoms with Gasteiger partial charge in [-0.2, -0.15) is 15.1 Å². The van der Waals surface area contributed by atoms with Crippen molar-refractivity contribution in [2.45, 2.75) is 51.1 Å². The number of nitrogens with zero attached hydrogens (tertiary/aromatic N) is 5. The van der Waals surface area contributed by atoms with Gasteiger partial charge in [-0.15, -0.1) is 0 Å². The lowest BCUT2D eigenvalue weighted by Gasteiger charge is -2.38. The molecule has 10 heteroatoms. The number of carbonyl (C=O) groups excluding carboxylic acids is 1. The summed E-state index contributed by atoms with van der Waals surface area (Å²) >= 11 is 0. The van der Waals surface area contributed by atoms with Crippen LogP contribution < -0.4 is 16.0 Å². The number of H-pyrrole nitrogens is 1. The maximum atomic E-state index is 11.5. The van der Waals surface area contributed by atoms with Gasteiger partial charge in [0, 0.05) is 49.7 Å². The Kier molecular flexibility index (Phi) is 4.91. The highest BCUT2D eigenvalue weighted by Crippen LogP contribution is 2.33. The lowest BCUT2D eigenvalue weighted by Crippen LogP contribution is -2.49. The molecule has 1 amide bonds. The highest BCUT2D eigenvalue weighted by atomic mass is 16.1. The number of aromatic amines is 1. The van der Waals surface area contributed by atoms with Gasteiger partial charge in [0.25, 0.3) is 0 Å². The van der Waals surface area contributed by atoms with E-state index in [1.807, 2.05) is 31.6 Å². The fourth-order valence-electron chi connectivity index (χ4n) is 4.57. The normalized spacial score (nSPS) is 21.0. The first kappa shape index (κ1) is 20.2. The highest BCUT2D eigenvalue weighted by molar-refractivity contribution is 6.00. The zero-order valence-electron chi connectivity index (χ0n) is 18.4. The van der Waals surface area contributed by atoms with Gasteiger partial charge in [-0.05, 0) is 44.7 Å². The van der Waals surface area contributed by atoms with E-state index in [1.54, 1.807) is 17.6 Å². The van der Waals surface area contributed by atoms with Crippen molar-refractivity contribution in [3.8, 4) is 11.3 Å². The van der Waals surface area contributed by atoms with Crippen LogP contribution >= 0.6 is 0 Å². The molecular formula is C22H27N9O. The summed E-state index contributed by atoms with van der Waals surface area (Å²) in [4.78, 5) is 28.5. The van der Waals surface area contributed by atoms with Gasteiger partial charge in [-0.3, -0.25) is 4.79 Å². The van der Waals surface area contributed by atoms with Crippen molar-refractivity contribution in [3.05, 3.63) is 30.7 Å². The van der Waals surface area contributed by atoms with Crippen molar-refractivity contribution in [3.63, 3.8) is 0 Å². The van der Waals surface area contributed by atoms with Crippen LogP contribution in [-0.2, 0) is 4.79 Å².